The molecule has 0 radical (unpaired) electrons. The van der Waals surface area contributed by atoms with Crippen LogP contribution in [0.1, 0.15) is 36.8 Å². The Bertz CT molecular complexity index is 570. The third-order valence-electron chi connectivity index (χ3n) is 5.35. The predicted molar refractivity (Wildman–Crippen MR) is 83.5 cm³/mol. The lowest BCUT2D eigenvalue weighted by atomic mass is 9.90. The van der Waals surface area contributed by atoms with Crippen molar-refractivity contribution in [3.05, 3.63) is 35.4 Å². The van der Waals surface area contributed by atoms with Gasteiger partial charge in [0.05, 0.1) is 5.92 Å². The Morgan fingerprint density at radius 2 is 1.86 bits per heavy atom. The number of carboxylic acid groups (broad SMARTS) is 1. The summed E-state index contributed by atoms with van der Waals surface area (Å²) >= 11 is 0. The molecule has 1 spiro atoms. The molecule has 4 nitrogen and oxygen atoms in total. The number of hydrogen-bond acceptors (Lipinski definition) is 2. The fourth-order valence-corrected chi connectivity index (χ4v) is 3.62. The fourth-order valence-electron chi connectivity index (χ4n) is 3.62. The van der Waals surface area contributed by atoms with Crippen LogP contribution < -0.4 is 0 Å². The Kier molecular flexibility index (Phi) is 3.94. The summed E-state index contributed by atoms with van der Waals surface area (Å²) in [5, 5.41) is 9.10. The zero-order chi connectivity index (χ0) is 15.7. The van der Waals surface area contributed by atoms with Crippen molar-refractivity contribution in [3.8, 4) is 0 Å². The molecule has 1 aliphatic carbocycles. The van der Waals surface area contributed by atoms with E-state index in [1.54, 1.807) is 0 Å². The highest BCUT2D eigenvalue weighted by Crippen LogP contribution is 2.59. The third kappa shape index (κ3) is 3.01. The SMILES string of the molecule is Cc1ccc(CCC(=O)N2CCC3(CC2)CC3C(=O)O)cc1. The van der Waals surface area contributed by atoms with Gasteiger partial charge in [0.25, 0.3) is 0 Å². The van der Waals surface area contributed by atoms with Gasteiger partial charge in [0, 0.05) is 19.5 Å². The number of aliphatic carboxylic acids is 1. The van der Waals surface area contributed by atoms with Crippen molar-refractivity contribution in [2.45, 2.75) is 39.0 Å². The maximum Gasteiger partial charge on any atom is 0.307 e. The lowest BCUT2D eigenvalue weighted by Crippen LogP contribution is -2.40. The van der Waals surface area contributed by atoms with E-state index in [9.17, 15) is 9.59 Å². The van der Waals surface area contributed by atoms with Crippen molar-refractivity contribution in [2.24, 2.45) is 11.3 Å². The molecular weight excluding hydrogens is 278 g/mol. The molecule has 1 aromatic rings. The number of amides is 1. The number of benzene rings is 1. The van der Waals surface area contributed by atoms with Gasteiger partial charge in [-0.05, 0) is 43.6 Å². The van der Waals surface area contributed by atoms with Crippen LogP contribution in [0, 0.1) is 18.3 Å². The largest absolute Gasteiger partial charge is 0.481 e. The molecule has 118 valence electrons. The quantitative estimate of drug-likeness (QED) is 0.930. The standard InChI is InChI=1S/C18H23NO3/c1-13-2-4-14(5-3-13)6-7-16(20)19-10-8-18(9-11-19)12-15(18)17(21)22/h2-5,15H,6-12H2,1H3,(H,21,22). The molecule has 1 saturated carbocycles. The summed E-state index contributed by atoms with van der Waals surface area (Å²) in [6.07, 6.45) is 3.81. The van der Waals surface area contributed by atoms with Crippen LogP contribution in [0.3, 0.4) is 0 Å². The van der Waals surface area contributed by atoms with E-state index in [1.807, 2.05) is 4.90 Å². The molecule has 1 heterocycles. The highest BCUT2D eigenvalue weighted by atomic mass is 16.4. The second-order valence-electron chi connectivity index (χ2n) is 6.82. The number of hydrogen-bond donors (Lipinski definition) is 1. The highest BCUT2D eigenvalue weighted by molar-refractivity contribution is 5.77. The zero-order valence-corrected chi connectivity index (χ0v) is 13.0. The van der Waals surface area contributed by atoms with E-state index in [4.69, 9.17) is 5.11 Å². The first kappa shape index (κ1) is 15.1. The molecule has 0 aromatic heterocycles. The molecule has 1 amide bonds. The first-order chi connectivity index (χ1) is 10.5. The topological polar surface area (TPSA) is 57.6 Å². The van der Waals surface area contributed by atoms with Crippen molar-refractivity contribution in [1.82, 2.24) is 4.90 Å². The second-order valence-corrected chi connectivity index (χ2v) is 6.82. The summed E-state index contributed by atoms with van der Waals surface area (Å²) in [7, 11) is 0. The van der Waals surface area contributed by atoms with Crippen molar-refractivity contribution in [2.75, 3.05) is 13.1 Å². The first-order valence-corrected chi connectivity index (χ1v) is 8.06. The maximum absolute atomic E-state index is 12.3. The molecule has 4 heteroatoms. The van der Waals surface area contributed by atoms with Crippen molar-refractivity contribution >= 4 is 11.9 Å². The number of carboxylic acids is 1. The highest BCUT2D eigenvalue weighted by Gasteiger charge is 2.59. The monoisotopic (exact) mass is 301 g/mol. The van der Waals surface area contributed by atoms with E-state index in [2.05, 4.69) is 31.2 Å². The van der Waals surface area contributed by atoms with E-state index in [0.29, 0.717) is 6.42 Å². The van der Waals surface area contributed by atoms with Crippen LogP contribution in [0.5, 0.6) is 0 Å². The first-order valence-electron chi connectivity index (χ1n) is 8.06. The van der Waals surface area contributed by atoms with Crippen molar-refractivity contribution < 1.29 is 14.7 Å². The summed E-state index contributed by atoms with van der Waals surface area (Å²) in [5.41, 5.74) is 2.42. The number of carbonyl (C=O) groups is 2. The van der Waals surface area contributed by atoms with Crippen LogP contribution in [0.25, 0.3) is 0 Å². The number of rotatable bonds is 4. The predicted octanol–water partition coefficient (Wildman–Crippen LogP) is 2.64. The van der Waals surface area contributed by atoms with Gasteiger partial charge >= 0.3 is 5.97 Å². The van der Waals surface area contributed by atoms with Crippen LogP contribution in [-0.4, -0.2) is 35.0 Å². The van der Waals surface area contributed by atoms with E-state index >= 15 is 0 Å². The Morgan fingerprint density at radius 3 is 2.41 bits per heavy atom. The van der Waals surface area contributed by atoms with Gasteiger partial charge in [-0.25, -0.2) is 0 Å². The van der Waals surface area contributed by atoms with Gasteiger partial charge in [0.15, 0.2) is 0 Å². The maximum atomic E-state index is 12.3. The van der Waals surface area contributed by atoms with Crippen LogP contribution in [0.15, 0.2) is 24.3 Å². The Labute approximate surface area is 131 Å². The molecular formula is C18H23NO3. The van der Waals surface area contributed by atoms with Gasteiger partial charge in [-0.1, -0.05) is 29.8 Å². The van der Waals surface area contributed by atoms with E-state index in [-0.39, 0.29) is 17.2 Å². The van der Waals surface area contributed by atoms with Crippen LogP contribution in [0.2, 0.25) is 0 Å². The average molecular weight is 301 g/mol. The summed E-state index contributed by atoms with van der Waals surface area (Å²) < 4.78 is 0. The van der Waals surface area contributed by atoms with Crippen molar-refractivity contribution in [3.63, 3.8) is 0 Å². The number of nitrogens with zero attached hydrogens (tertiary/aromatic N) is 1. The molecule has 22 heavy (non-hydrogen) atoms. The van der Waals surface area contributed by atoms with Gasteiger partial charge < -0.3 is 10.0 Å². The average Bonchev–Trinajstić information content (AvgIpc) is 3.21. The molecule has 1 unspecified atom stereocenters. The number of aryl methyl sites for hydroxylation is 2. The molecule has 2 aliphatic rings. The molecule has 1 aliphatic heterocycles. The zero-order valence-electron chi connectivity index (χ0n) is 13.0. The van der Waals surface area contributed by atoms with Crippen molar-refractivity contribution in [1.29, 1.82) is 0 Å². The molecule has 1 aromatic carbocycles. The van der Waals surface area contributed by atoms with Crippen LogP contribution in [0.4, 0.5) is 0 Å². The minimum absolute atomic E-state index is 0.000426. The van der Waals surface area contributed by atoms with E-state index < -0.39 is 5.97 Å². The molecule has 2 fully saturated rings. The number of carbonyl (C=O) groups excluding carboxylic acids is 1. The van der Waals surface area contributed by atoms with Crippen LogP contribution >= 0.6 is 0 Å². The molecule has 1 atom stereocenters. The minimum atomic E-state index is -0.667. The summed E-state index contributed by atoms with van der Waals surface area (Å²) in [5.74, 6) is -0.639. The fraction of sp³-hybridized carbons (Fsp3) is 0.556. The Morgan fingerprint density at radius 1 is 1.23 bits per heavy atom. The third-order valence-corrected chi connectivity index (χ3v) is 5.35. The Hall–Kier alpha value is -1.84. The van der Waals surface area contributed by atoms with Gasteiger partial charge in [0.2, 0.25) is 5.91 Å². The summed E-state index contributed by atoms with van der Waals surface area (Å²) in [4.78, 5) is 25.3. The minimum Gasteiger partial charge on any atom is -0.481 e. The molecule has 1 N–H and O–H groups in total. The summed E-state index contributed by atoms with van der Waals surface area (Å²) in [6.45, 7) is 3.49. The van der Waals surface area contributed by atoms with E-state index in [1.165, 1.54) is 11.1 Å². The van der Waals surface area contributed by atoms with Gasteiger partial charge in [-0.3, -0.25) is 9.59 Å². The summed E-state index contributed by atoms with van der Waals surface area (Å²) in [6, 6.07) is 8.30. The smallest absolute Gasteiger partial charge is 0.307 e. The molecule has 3 rings (SSSR count). The van der Waals surface area contributed by atoms with Gasteiger partial charge in [-0.2, -0.15) is 0 Å². The Balaban J connectivity index is 1.46. The van der Waals surface area contributed by atoms with Gasteiger partial charge in [-0.15, -0.1) is 0 Å². The lowest BCUT2D eigenvalue weighted by molar-refractivity contribution is -0.139. The molecule has 0 bridgehead atoms. The second kappa shape index (κ2) is 5.75. The number of likely N-dealkylation sites (tertiary alicyclic amines) is 1. The lowest BCUT2D eigenvalue weighted by Gasteiger charge is -2.32. The van der Waals surface area contributed by atoms with E-state index in [0.717, 1.165) is 38.8 Å². The molecule has 1 saturated heterocycles. The van der Waals surface area contributed by atoms with Gasteiger partial charge in [0.1, 0.15) is 0 Å². The van der Waals surface area contributed by atoms with Crippen LogP contribution in [-0.2, 0) is 16.0 Å². The number of piperidine rings is 1. The normalized spacial score (nSPS) is 22.6.